The van der Waals surface area contributed by atoms with E-state index in [1.54, 1.807) is 20.8 Å². The van der Waals surface area contributed by atoms with Crippen molar-refractivity contribution in [3.8, 4) is 0 Å². The summed E-state index contributed by atoms with van der Waals surface area (Å²) in [6, 6.07) is 0. The van der Waals surface area contributed by atoms with Crippen molar-refractivity contribution >= 4 is 27.5 Å². The van der Waals surface area contributed by atoms with Crippen LogP contribution in [0, 0.1) is 43.7 Å². The summed E-state index contributed by atoms with van der Waals surface area (Å²) in [5.41, 5.74) is 2.86. The summed E-state index contributed by atoms with van der Waals surface area (Å²) in [7, 11) is 0. The molecule has 0 saturated heterocycles. The highest BCUT2D eigenvalue weighted by Gasteiger charge is 2.24. The van der Waals surface area contributed by atoms with Crippen LogP contribution in [0.5, 0.6) is 0 Å². The summed E-state index contributed by atoms with van der Waals surface area (Å²) in [4.78, 5) is 22.9. The van der Waals surface area contributed by atoms with Gasteiger partial charge in [0.2, 0.25) is 5.91 Å². The van der Waals surface area contributed by atoms with Gasteiger partial charge in [-0.1, -0.05) is 6.92 Å². The lowest BCUT2D eigenvalue weighted by atomic mass is 10.1. The van der Waals surface area contributed by atoms with Gasteiger partial charge in [0.1, 0.15) is 11.4 Å². The molecule has 1 unspecified atom stereocenters. The number of aromatic nitrogens is 4. The number of carbonyl (C=O) groups is 1. The smallest absolute Gasteiger partial charge is 0.312 e. The molecule has 0 aromatic carbocycles. The van der Waals surface area contributed by atoms with Gasteiger partial charge in [-0.2, -0.15) is 10.2 Å². The molecule has 9 nitrogen and oxygen atoms in total. The third-order valence-corrected chi connectivity index (χ3v) is 5.71. The molecular formula is C17H25BrN6O3. The van der Waals surface area contributed by atoms with E-state index in [0.29, 0.717) is 24.5 Å². The Morgan fingerprint density at radius 2 is 1.81 bits per heavy atom. The molecule has 0 aliphatic heterocycles. The average molecular weight is 441 g/mol. The molecule has 0 fully saturated rings. The number of carbonyl (C=O) groups excluding carboxylic acids is 1. The lowest BCUT2D eigenvalue weighted by molar-refractivity contribution is -0.386. The highest BCUT2D eigenvalue weighted by molar-refractivity contribution is 9.10. The maximum atomic E-state index is 12.3. The monoisotopic (exact) mass is 440 g/mol. The average Bonchev–Trinajstić information content (AvgIpc) is 3.01. The van der Waals surface area contributed by atoms with Crippen LogP contribution in [0.4, 0.5) is 5.69 Å². The summed E-state index contributed by atoms with van der Waals surface area (Å²) in [6.07, 6.45) is 0.762. The number of nitrogens with one attached hydrogen (secondary N) is 1. The zero-order chi connectivity index (χ0) is 20.3. The second-order valence-electron chi connectivity index (χ2n) is 6.71. The highest BCUT2D eigenvalue weighted by Crippen LogP contribution is 2.22. The SMILES string of the molecule is Cc1nn(CCCNC(=O)C(C)Cn2nc(C)c([N+](=O)[O-])c2C)c(C)c1Br. The van der Waals surface area contributed by atoms with E-state index < -0.39 is 4.92 Å². The molecule has 148 valence electrons. The van der Waals surface area contributed by atoms with Crippen molar-refractivity contribution in [1.82, 2.24) is 24.9 Å². The Balaban J connectivity index is 1.85. The standard InChI is InChI=1S/C17H25BrN6O3/c1-10(9-23-14(5)16(24(26)27)12(3)21-23)17(25)19-7-6-8-22-13(4)15(18)11(2)20-22/h10H,6-9H2,1-5H3,(H,19,25). The Kier molecular flexibility index (Phi) is 6.74. The van der Waals surface area contributed by atoms with Crippen LogP contribution in [-0.4, -0.2) is 36.9 Å². The Hall–Kier alpha value is -2.23. The molecule has 0 saturated carbocycles. The maximum Gasteiger partial charge on any atom is 0.312 e. The number of rotatable bonds is 8. The third kappa shape index (κ3) is 4.74. The van der Waals surface area contributed by atoms with E-state index in [2.05, 4.69) is 31.4 Å². The van der Waals surface area contributed by atoms with E-state index in [4.69, 9.17) is 0 Å². The van der Waals surface area contributed by atoms with Crippen LogP contribution in [0.15, 0.2) is 4.47 Å². The van der Waals surface area contributed by atoms with Crippen LogP contribution in [0.3, 0.4) is 0 Å². The fourth-order valence-electron chi connectivity index (χ4n) is 2.98. The van der Waals surface area contributed by atoms with Gasteiger partial charge in [-0.3, -0.25) is 24.3 Å². The summed E-state index contributed by atoms with van der Waals surface area (Å²) < 4.78 is 4.47. The molecule has 2 heterocycles. The van der Waals surface area contributed by atoms with E-state index in [0.717, 1.165) is 28.8 Å². The quantitative estimate of drug-likeness (QED) is 0.385. The van der Waals surface area contributed by atoms with Crippen molar-refractivity contribution in [3.05, 3.63) is 37.4 Å². The molecule has 2 aromatic heterocycles. The van der Waals surface area contributed by atoms with E-state index in [1.807, 2.05) is 18.5 Å². The van der Waals surface area contributed by atoms with Gasteiger partial charge in [-0.15, -0.1) is 0 Å². The Labute approximate surface area is 166 Å². The normalized spacial score (nSPS) is 12.2. The van der Waals surface area contributed by atoms with Crippen LogP contribution < -0.4 is 5.32 Å². The summed E-state index contributed by atoms with van der Waals surface area (Å²) in [5, 5.41) is 22.6. The van der Waals surface area contributed by atoms with Crippen LogP contribution >= 0.6 is 15.9 Å². The molecule has 0 bridgehead atoms. The van der Waals surface area contributed by atoms with Gasteiger partial charge >= 0.3 is 5.69 Å². The minimum Gasteiger partial charge on any atom is -0.356 e. The molecular weight excluding hydrogens is 416 g/mol. The summed E-state index contributed by atoms with van der Waals surface area (Å²) in [5.74, 6) is -0.440. The van der Waals surface area contributed by atoms with Crippen LogP contribution in [0.1, 0.15) is 36.1 Å². The molecule has 0 spiro atoms. The second kappa shape index (κ2) is 8.64. The van der Waals surface area contributed by atoms with E-state index in [-0.39, 0.29) is 17.5 Å². The van der Waals surface area contributed by atoms with Gasteiger partial charge < -0.3 is 5.32 Å². The predicted octanol–water partition coefficient (Wildman–Crippen LogP) is 2.83. The summed E-state index contributed by atoms with van der Waals surface area (Å²) in [6.45, 7) is 10.5. The number of hydrogen-bond donors (Lipinski definition) is 1. The molecule has 2 rings (SSSR count). The van der Waals surface area contributed by atoms with Gasteiger partial charge in [0.05, 0.1) is 27.6 Å². The number of hydrogen-bond acceptors (Lipinski definition) is 5. The molecule has 0 aliphatic rings. The van der Waals surface area contributed by atoms with Crippen molar-refractivity contribution in [2.75, 3.05) is 6.54 Å². The maximum absolute atomic E-state index is 12.3. The van der Waals surface area contributed by atoms with Crippen molar-refractivity contribution < 1.29 is 9.72 Å². The molecule has 1 atom stereocenters. The number of halogens is 1. The predicted molar refractivity (Wildman–Crippen MR) is 105 cm³/mol. The number of aryl methyl sites for hydroxylation is 3. The largest absolute Gasteiger partial charge is 0.356 e. The first-order chi connectivity index (χ1) is 12.6. The van der Waals surface area contributed by atoms with Gasteiger partial charge in [-0.25, -0.2) is 0 Å². The lowest BCUT2D eigenvalue weighted by Gasteiger charge is -2.13. The molecule has 0 aliphatic carbocycles. The fourth-order valence-corrected chi connectivity index (χ4v) is 3.26. The number of amides is 1. The lowest BCUT2D eigenvalue weighted by Crippen LogP contribution is -2.33. The molecule has 27 heavy (non-hydrogen) atoms. The van der Waals surface area contributed by atoms with Gasteiger partial charge in [0, 0.05) is 18.8 Å². The molecule has 1 amide bonds. The molecule has 10 heteroatoms. The zero-order valence-electron chi connectivity index (χ0n) is 16.2. The van der Waals surface area contributed by atoms with Gasteiger partial charge in [0.25, 0.3) is 0 Å². The van der Waals surface area contributed by atoms with E-state index >= 15 is 0 Å². The fraction of sp³-hybridized carbons (Fsp3) is 0.588. The molecule has 0 radical (unpaired) electrons. The molecule has 1 N–H and O–H groups in total. The Morgan fingerprint density at radius 3 is 2.33 bits per heavy atom. The summed E-state index contributed by atoms with van der Waals surface area (Å²) >= 11 is 3.50. The van der Waals surface area contributed by atoms with Crippen LogP contribution in [0.2, 0.25) is 0 Å². The minimum atomic E-state index is -0.434. The van der Waals surface area contributed by atoms with Crippen molar-refractivity contribution in [1.29, 1.82) is 0 Å². The molecule has 2 aromatic rings. The van der Waals surface area contributed by atoms with Gasteiger partial charge in [0.15, 0.2) is 0 Å². The first kappa shape index (κ1) is 21.1. The van der Waals surface area contributed by atoms with Crippen LogP contribution in [-0.2, 0) is 17.9 Å². The Morgan fingerprint density at radius 1 is 1.19 bits per heavy atom. The number of nitro groups is 1. The van der Waals surface area contributed by atoms with Gasteiger partial charge in [-0.05, 0) is 50.0 Å². The van der Waals surface area contributed by atoms with Crippen molar-refractivity contribution in [2.45, 2.75) is 54.1 Å². The van der Waals surface area contributed by atoms with Crippen molar-refractivity contribution in [2.24, 2.45) is 5.92 Å². The topological polar surface area (TPSA) is 108 Å². The number of nitrogens with zero attached hydrogens (tertiary/aromatic N) is 5. The Bertz CT molecular complexity index is 857. The van der Waals surface area contributed by atoms with E-state index in [9.17, 15) is 14.9 Å². The first-order valence-electron chi connectivity index (χ1n) is 8.79. The first-order valence-corrected chi connectivity index (χ1v) is 9.58. The van der Waals surface area contributed by atoms with Crippen LogP contribution in [0.25, 0.3) is 0 Å². The van der Waals surface area contributed by atoms with Crippen molar-refractivity contribution in [3.63, 3.8) is 0 Å². The van der Waals surface area contributed by atoms with E-state index in [1.165, 1.54) is 4.68 Å². The third-order valence-electron chi connectivity index (χ3n) is 4.56. The zero-order valence-corrected chi connectivity index (χ0v) is 17.8. The minimum absolute atomic E-state index is 0.0126. The second-order valence-corrected chi connectivity index (χ2v) is 7.51. The highest BCUT2D eigenvalue weighted by atomic mass is 79.9.